The summed E-state index contributed by atoms with van der Waals surface area (Å²) in [4.78, 5) is 13.2. The highest BCUT2D eigenvalue weighted by molar-refractivity contribution is 9.10. The van der Waals surface area contributed by atoms with E-state index in [1.54, 1.807) is 6.07 Å². The second-order valence-electron chi connectivity index (χ2n) is 3.23. The van der Waals surface area contributed by atoms with Gasteiger partial charge < -0.3 is 4.74 Å². The molecule has 0 N–H and O–H groups in total. The number of aliphatic imine (C=N–C) groups is 1. The first-order valence-corrected chi connectivity index (χ1v) is 5.51. The van der Waals surface area contributed by atoms with Crippen LogP contribution in [0.4, 0.5) is 4.39 Å². The van der Waals surface area contributed by atoms with Crippen LogP contribution in [0.2, 0.25) is 0 Å². The third-order valence-electron chi connectivity index (χ3n) is 2.01. The fraction of sp³-hybridized carbons (Fsp3) is 0.364. The SMILES string of the molecule is CCOc1ccc(C(C)(F)N=C=O)cc1Br. The van der Waals surface area contributed by atoms with Crippen molar-refractivity contribution in [1.29, 1.82) is 0 Å². The molecule has 1 aromatic carbocycles. The lowest BCUT2D eigenvalue weighted by molar-refractivity contribution is 0.205. The Morgan fingerprint density at radius 2 is 2.31 bits per heavy atom. The fourth-order valence-electron chi connectivity index (χ4n) is 1.21. The molecule has 3 nitrogen and oxygen atoms in total. The lowest BCUT2D eigenvalue weighted by atomic mass is 10.1. The van der Waals surface area contributed by atoms with Crippen LogP contribution in [-0.4, -0.2) is 12.7 Å². The predicted octanol–water partition coefficient (Wildman–Crippen LogP) is 3.33. The Bertz CT molecular complexity index is 428. The summed E-state index contributed by atoms with van der Waals surface area (Å²) in [7, 11) is 0. The van der Waals surface area contributed by atoms with E-state index in [0.717, 1.165) is 0 Å². The van der Waals surface area contributed by atoms with Gasteiger partial charge in [-0.15, -0.1) is 0 Å². The Labute approximate surface area is 101 Å². The van der Waals surface area contributed by atoms with Crippen molar-refractivity contribution in [3.05, 3.63) is 28.2 Å². The van der Waals surface area contributed by atoms with Gasteiger partial charge in [0.15, 0.2) is 0 Å². The molecule has 0 radical (unpaired) electrons. The van der Waals surface area contributed by atoms with E-state index < -0.39 is 5.79 Å². The van der Waals surface area contributed by atoms with E-state index in [1.807, 2.05) is 6.92 Å². The Kier molecular flexibility index (Phi) is 4.21. The number of rotatable bonds is 4. The van der Waals surface area contributed by atoms with Gasteiger partial charge in [0.05, 0.1) is 11.1 Å². The molecule has 0 amide bonds. The van der Waals surface area contributed by atoms with Crippen LogP contribution in [0.15, 0.2) is 27.7 Å². The van der Waals surface area contributed by atoms with Crippen LogP contribution in [0.3, 0.4) is 0 Å². The standard InChI is InChI=1S/C11H11BrFNO2/c1-3-16-10-5-4-8(6-9(10)12)11(2,13)14-7-15/h4-6H,3H2,1-2H3. The van der Waals surface area contributed by atoms with E-state index in [-0.39, 0.29) is 5.56 Å². The van der Waals surface area contributed by atoms with Gasteiger partial charge in [-0.05, 0) is 41.9 Å². The largest absolute Gasteiger partial charge is 0.493 e. The number of alkyl halides is 1. The van der Waals surface area contributed by atoms with Gasteiger partial charge in [-0.2, -0.15) is 4.99 Å². The Morgan fingerprint density at radius 1 is 1.62 bits per heavy atom. The predicted molar refractivity (Wildman–Crippen MR) is 61.9 cm³/mol. The molecule has 0 aromatic heterocycles. The lowest BCUT2D eigenvalue weighted by Gasteiger charge is -2.15. The van der Waals surface area contributed by atoms with Gasteiger partial charge in [0.1, 0.15) is 5.75 Å². The summed E-state index contributed by atoms with van der Waals surface area (Å²) in [5.41, 5.74) is 0.270. The highest BCUT2D eigenvalue weighted by atomic mass is 79.9. The number of benzene rings is 1. The molecule has 5 heteroatoms. The van der Waals surface area contributed by atoms with Crippen molar-refractivity contribution >= 4 is 22.0 Å². The van der Waals surface area contributed by atoms with Gasteiger partial charge in [0.25, 0.3) is 0 Å². The molecule has 1 aromatic rings. The number of halogens is 2. The van der Waals surface area contributed by atoms with Gasteiger partial charge in [0.2, 0.25) is 11.9 Å². The van der Waals surface area contributed by atoms with E-state index in [0.29, 0.717) is 16.8 Å². The molecule has 0 aliphatic carbocycles. The number of hydrogen-bond acceptors (Lipinski definition) is 3. The van der Waals surface area contributed by atoms with E-state index in [2.05, 4.69) is 20.9 Å². The monoisotopic (exact) mass is 287 g/mol. The molecule has 0 aliphatic rings. The van der Waals surface area contributed by atoms with Crippen LogP contribution in [0.1, 0.15) is 19.4 Å². The number of nitrogens with zero attached hydrogens (tertiary/aromatic N) is 1. The minimum atomic E-state index is -2.06. The highest BCUT2D eigenvalue weighted by Gasteiger charge is 2.25. The summed E-state index contributed by atoms with van der Waals surface area (Å²) in [5, 5.41) is 0. The second kappa shape index (κ2) is 5.23. The topological polar surface area (TPSA) is 38.7 Å². The van der Waals surface area contributed by atoms with E-state index >= 15 is 0 Å². The minimum absolute atomic E-state index is 0.270. The van der Waals surface area contributed by atoms with Gasteiger partial charge in [0, 0.05) is 5.56 Å². The molecule has 1 atom stereocenters. The number of ether oxygens (including phenoxy) is 1. The first-order valence-electron chi connectivity index (χ1n) is 4.72. The Balaban J connectivity index is 3.10. The molecule has 0 saturated heterocycles. The van der Waals surface area contributed by atoms with Gasteiger partial charge >= 0.3 is 0 Å². The molecule has 1 rings (SSSR count). The second-order valence-corrected chi connectivity index (χ2v) is 4.09. The van der Waals surface area contributed by atoms with Crippen LogP contribution in [-0.2, 0) is 10.6 Å². The third-order valence-corrected chi connectivity index (χ3v) is 2.63. The summed E-state index contributed by atoms with van der Waals surface area (Å²) in [6, 6.07) is 4.68. The number of isocyanates is 1. The molecule has 1 unspecified atom stereocenters. The molecule has 16 heavy (non-hydrogen) atoms. The Morgan fingerprint density at radius 3 is 2.81 bits per heavy atom. The summed E-state index contributed by atoms with van der Waals surface area (Å²) < 4.78 is 19.7. The van der Waals surface area contributed by atoms with Crippen molar-refractivity contribution in [1.82, 2.24) is 0 Å². The normalized spacial score (nSPS) is 13.8. The summed E-state index contributed by atoms with van der Waals surface area (Å²) >= 11 is 3.26. The maximum absolute atomic E-state index is 13.8. The van der Waals surface area contributed by atoms with Crippen LogP contribution >= 0.6 is 15.9 Å². The van der Waals surface area contributed by atoms with E-state index in [9.17, 15) is 9.18 Å². The quantitative estimate of drug-likeness (QED) is 0.484. The zero-order chi connectivity index (χ0) is 12.2. The summed E-state index contributed by atoms with van der Waals surface area (Å²) in [6.45, 7) is 3.58. The van der Waals surface area contributed by atoms with Crippen LogP contribution in [0.5, 0.6) is 5.75 Å². The molecule has 0 bridgehead atoms. The highest BCUT2D eigenvalue weighted by Crippen LogP contribution is 2.33. The zero-order valence-corrected chi connectivity index (χ0v) is 10.5. The molecule has 0 heterocycles. The van der Waals surface area contributed by atoms with Crippen molar-refractivity contribution in [3.63, 3.8) is 0 Å². The van der Waals surface area contributed by atoms with Crippen molar-refractivity contribution in [2.75, 3.05) is 6.61 Å². The average Bonchev–Trinajstić information content (AvgIpc) is 2.21. The van der Waals surface area contributed by atoms with Crippen LogP contribution in [0.25, 0.3) is 0 Å². The molecule has 0 saturated carbocycles. The molecular weight excluding hydrogens is 277 g/mol. The van der Waals surface area contributed by atoms with Crippen molar-refractivity contribution < 1.29 is 13.9 Å². The number of hydrogen-bond donors (Lipinski definition) is 0. The first kappa shape index (κ1) is 12.9. The molecular formula is C11H11BrFNO2. The molecule has 86 valence electrons. The van der Waals surface area contributed by atoms with Crippen LogP contribution in [0, 0.1) is 0 Å². The van der Waals surface area contributed by atoms with Gasteiger partial charge in [-0.1, -0.05) is 6.07 Å². The summed E-state index contributed by atoms with van der Waals surface area (Å²) in [5.74, 6) is -1.44. The molecule has 0 aliphatic heterocycles. The minimum Gasteiger partial charge on any atom is -0.493 e. The summed E-state index contributed by atoms with van der Waals surface area (Å²) in [6.07, 6.45) is 1.22. The maximum atomic E-state index is 13.8. The van der Waals surface area contributed by atoms with Gasteiger partial charge in [-0.3, -0.25) is 0 Å². The lowest BCUT2D eigenvalue weighted by Crippen LogP contribution is -2.11. The van der Waals surface area contributed by atoms with E-state index in [4.69, 9.17) is 4.74 Å². The van der Waals surface area contributed by atoms with Crippen molar-refractivity contribution in [3.8, 4) is 5.75 Å². The van der Waals surface area contributed by atoms with Crippen molar-refractivity contribution in [2.45, 2.75) is 19.6 Å². The van der Waals surface area contributed by atoms with Crippen molar-refractivity contribution in [2.24, 2.45) is 4.99 Å². The third kappa shape index (κ3) is 2.90. The van der Waals surface area contributed by atoms with E-state index in [1.165, 1.54) is 25.1 Å². The van der Waals surface area contributed by atoms with Gasteiger partial charge in [-0.25, -0.2) is 9.18 Å². The maximum Gasteiger partial charge on any atom is 0.238 e. The smallest absolute Gasteiger partial charge is 0.238 e. The Hall–Kier alpha value is -1.19. The fourth-order valence-corrected chi connectivity index (χ4v) is 1.70. The molecule has 0 fully saturated rings. The van der Waals surface area contributed by atoms with Crippen LogP contribution < -0.4 is 4.74 Å². The first-order chi connectivity index (χ1) is 7.51. The molecule has 0 spiro atoms. The number of carbonyl (C=O) groups excluding carboxylic acids is 1. The average molecular weight is 288 g/mol. The zero-order valence-electron chi connectivity index (χ0n) is 8.96.